The summed E-state index contributed by atoms with van der Waals surface area (Å²) in [5.74, 6) is -0.0614. The highest BCUT2D eigenvalue weighted by molar-refractivity contribution is 6.51. The monoisotopic (exact) mass is 465 g/mol. The molecule has 170 valence electrons. The van der Waals surface area contributed by atoms with E-state index in [4.69, 9.17) is 20.8 Å². The quantitative estimate of drug-likeness (QED) is 0.284. The Balaban J connectivity index is 1.94. The molecule has 1 aliphatic rings. The van der Waals surface area contributed by atoms with E-state index in [1.807, 2.05) is 13.8 Å². The Morgan fingerprint density at radius 3 is 2.48 bits per heavy atom. The highest BCUT2D eigenvalue weighted by Gasteiger charge is 2.48. The van der Waals surface area contributed by atoms with E-state index in [1.165, 1.54) is 4.90 Å². The summed E-state index contributed by atoms with van der Waals surface area (Å²) in [6.07, 6.45) is 0. The fraction of sp³-hybridized carbons (Fsp3) is 0.231. The molecule has 0 aliphatic carbocycles. The summed E-state index contributed by atoms with van der Waals surface area (Å²) >= 11 is 6.16. The lowest BCUT2D eigenvalue weighted by Crippen LogP contribution is -2.29. The summed E-state index contributed by atoms with van der Waals surface area (Å²) in [5.41, 5.74) is 1.67. The first-order valence-electron chi connectivity index (χ1n) is 10.5. The van der Waals surface area contributed by atoms with E-state index < -0.39 is 17.7 Å². The van der Waals surface area contributed by atoms with Crippen LogP contribution in [0.4, 0.5) is 5.69 Å². The van der Waals surface area contributed by atoms with E-state index in [0.717, 1.165) is 5.56 Å². The Morgan fingerprint density at radius 1 is 1.12 bits per heavy atom. The molecule has 0 bridgehead atoms. The minimum Gasteiger partial charge on any atom is -0.507 e. The van der Waals surface area contributed by atoms with Gasteiger partial charge in [-0.1, -0.05) is 31.5 Å². The van der Waals surface area contributed by atoms with E-state index in [0.29, 0.717) is 33.5 Å². The van der Waals surface area contributed by atoms with Crippen LogP contribution in [-0.2, 0) is 9.59 Å². The van der Waals surface area contributed by atoms with Gasteiger partial charge >= 0.3 is 0 Å². The molecule has 1 aromatic heterocycles. The first-order valence-corrected chi connectivity index (χ1v) is 10.9. The average molecular weight is 466 g/mol. The predicted molar refractivity (Wildman–Crippen MR) is 127 cm³/mol. The van der Waals surface area contributed by atoms with Crippen molar-refractivity contribution >= 4 is 34.7 Å². The van der Waals surface area contributed by atoms with E-state index in [1.54, 1.807) is 68.6 Å². The fourth-order valence-corrected chi connectivity index (χ4v) is 4.27. The lowest BCUT2D eigenvalue weighted by Gasteiger charge is -2.23. The maximum absolute atomic E-state index is 13.2. The van der Waals surface area contributed by atoms with Crippen molar-refractivity contribution in [1.82, 2.24) is 0 Å². The van der Waals surface area contributed by atoms with E-state index in [9.17, 15) is 14.7 Å². The number of aryl methyl sites for hydroxylation is 1. The lowest BCUT2D eigenvalue weighted by atomic mass is 9.95. The van der Waals surface area contributed by atoms with Crippen molar-refractivity contribution in [3.05, 3.63) is 87.8 Å². The number of benzene rings is 2. The first-order chi connectivity index (χ1) is 15.7. The van der Waals surface area contributed by atoms with Crippen LogP contribution in [0.25, 0.3) is 5.76 Å². The highest BCUT2D eigenvalue weighted by atomic mass is 35.5. The molecule has 0 radical (unpaired) electrons. The Hall–Kier alpha value is -3.51. The van der Waals surface area contributed by atoms with Gasteiger partial charge < -0.3 is 14.3 Å². The van der Waals surface area contributed by atoms with Gasteiger partial charge in [-0.2, -0.15) is 0 Å². The van der Waals surface area contributed by atoms with Crippen LogP contribution < -0.4 is 9.64 Å². The van der Waals surface area contributed by atoms with E-state index in [2.05, 4.69) is 0 Å². The molecule has 4 rings (SSSR count). The average Bonchev–Trinajstić information content (AvgIpc) is 3.33. The Morgan fingerprint density at radius 2 is 1.88 bits per heavy atom. The van der Waals surface area contributed by atoms with Crippen LogP contribution in [0.2, 0.25) is 5.02 Å². The van der Waals surface area contributed by atoms with Crippen LogP contribution in [0.15, 0.2) is 64.6 Å². The first kappa shape index (κ1) is 22.7. The van der Waals surface area contributed by atoms with Gasteiger partial charge in [0.05, 0.1) is 12.7 Å². The topological polar surface area (TPSA) is 80.0 Å². The fourth-order valence-electron chi connectivity index (χ4n) is 4.08. The summed E-state index contributed by atoms with van der Waals surface area (Å²) in [4.78, 5) is 27.7. The third-order valence-corrected chi connectivity index (χ3v) is 5.92. The molecule has 1 N–H and O–H groups in total. The molecule has 0 saturated carbocycles. The van der Waals surface area contributed by atoms with Crippen LogP contribution in [-0.4, -0.2) is 23.9 Å². The number of rotatable bonds is 5. The standard InChI is InChI=1S/C26H24ClNO5/c1-14(2)19-12-16(9-11-20(19)32-4)24(29)22-23(21-10-8-15(3)33-21)28(26(31)25(22)30)18-7-5-6-17(27)13-18/h5-14,23,29H,1-4H3/b24-22-. The minimum absolute atomic E-state index is 0.0470. The Kier molecular flexibility index (Phi) is 6.04. The highest BCUT2D eigenvalue weighted by Crippen LogP contribution is 2.43. The molecular formula is C26H24ClNO5. The Labute approximate surface area is 197 Å². The summed E-state index contributed by atoms with van der Waals surface area (Å²) in [7, 11) is 1.58. The smallest absolute Gasteiger partial charge is 0.300 e. The van der Waals surface area contributed by atoms with Gasteiger partial charge in [0.15, 0.2) is 0 Å². The second kappa shape index (κ2) is 8.79. The normalized spacial score (nSPS) is 17.8. The van der Waals surface area contributed by atoms with Gasteiger partial charge in [0.1, 0.15) is 29.1 Å². The third kappa shape index (κ3) is 4.02. The molecular weight excluding hydrogens is 442 g/mol. The van der Waals surface area contributed by atoms with Gasteiger partial charge in [0.25, 0.3) is 11.7 Å². The van der Waals surface area contributed by atoms with Gasteiger partial charge in [-0.15, -0.1) is 0 Å². The second-order valence-corrected chi connectivity index (χ2v) is 8.65. The van der Waals surface area contributed by atoms with Crippen molar-refractivity contribution in [1.29, 1.82) is 0 Å². The van der Waals surface area contributed by atoms with Crippen LogP contribution in [0.3, 0.4) is 0 Å². The second-order valence-electron chi connectivity index (χ2n) is 8.21. The molecule has 6 nitrogen and oxygen atoms in total. The molecule has 33 heavy (non-hydrogen) atoms. The van der Waals surface area contributed by atoms with E-state index in [-0.39, 0.29) is 17.3 Å². The molecule has 2 aromatic carbocycles. The molecule has 0 spiro atoms. The number of Topliss-reactive ketones (excluding diaryl/α,β-unsaturated/α-hetero) is 1. The van der Waals surface area contributed by atoms with Crippen molar-refractivity contribution in [3.8, 4) is 5.75 Å². The summed E-state index contributed by atoms with van der Waals surface area (Å²) in [6.45, 7) is 5.78. The number of aliphatic hydroxyl groups is 1. The molecule has 1 saturated heterocycles. The number of halogens is 1. The van der Waals surface area contributed by atoms with Crippen LogP contribution in [0, 0.1) is 6.92 Å². The number of carbonyl (C=O) groups is 2. The third-order valence-electron chi connectivity index (χ3n) is 5.69. The number of methoxy groups -OCH3 is 1. The number of nitrogens with zero attached hydrogens (tertiary/aromatic N) is 1. The van der Waals surface area contributed by atoms with Crippen molar-refractivity contribution in [2.45, 2.75) is 32.7 Å². The maximum atomic E-state index is 13.2. The van der Waals surface area contributed by atoms with Crippen molar-refractivity contribution < 1.29 is 23.8 Å². The number of aliphatic hydroxyl groups excluding tert-OH is 1. The van der Waals surface area contributed by atoms with Crippen LogP contribution >= 0.6 is 11.6 Å². The summed E-state index contributed by atoms with van der Waals surface area (Å²) < 4.78 is 11.2. The number of anilines is 1. The maximum Gasteiger partial charge on any atom is 0.300 e. The van der Waals surface area contributed by atoms with Crippen molar-refractivity contribution in [2.24, 2.45) is 0 Å². The molecule has 1 fully saturated rings. The van der Waals surface area contributed by atoms with Crippen molar-refractivity contribution in [2.75, 3.05) is 12.0 Å². The molecule has 7 heteroatoms. The number of furan rings is 1. The van der Waals surface area contributed by atoms with E-state index >= 15 is 0 Å². The number of carbonyl (C=O) groups excluding carboxylic acids is 2. The molecule has 2 heterocycles. The molecule has 1 unspecified atom stereocenters. The lowest BCUT2D eigenvalue weighted by molar-refractivity contribution is -0.132. The zero-order chi connectivity index (χ0) is 23.9. The SMILES string of the molecule is COc1ccc(/C(O)=C2/C(=O)C(=O)N(c3cccc(Cl)c3)C2c2ccc(C)o2)cc1C(C)C. The van der Waals surface area contributed by atoms with Crippen LogP contribution in [0.1, 0.15) is 48.5 Å². The molecule has 3 aromatic rings. The van der Waals surface area contributed by atoms with Crippen molar-refractivity contribution in [3.63, 3.8) is 0 Å². The number of ketones is 1. The zero-order valence-corrected chi connectivity index (χ0v) is 19.5. The number of amides is 1. The molecule has 1 aliphatic heterocycles. The molecule has 1 amide bonds. The molecule has 1 atom stereocenters. The zero-order valence-electron chi connectivity index (χ0n) is 18.8. The predicted octanol–water partition coefficient (Wildman–Crippen LogP) is 6.00. The number of hydrogen-bond donors (Lipinski definition) is 1. The summed E-state index contributed by atoms with van der Waals surface area (Å²) in [6, 6.07) is 14.3. The van der Waals surface area contributed by atoms with Gasteiger partial charge in [0.2, 0.25) is 0 Å². The van der Waals surface area contributed by atoms with Gasteiger partial charge in [0, 0.05) is 16.3 Å². The minimum atomic E-state index is -0.943. The van der Waals surface area contributed by atoms with Gasteiger partial charge in [-0.25, -0.2) is 0 Å². The van der Waals surface area contributed by atoms with Crippen LogP contribution in [0.5, 0.6) is 5.75 Å². The van der Waals surface area contributed by atoms with Gasteiger partial charge in [-0.3, -0.25) is 14.5 Å². The Bertz CT molecular complexity index is 1270. The number of ether oxygens (including phenoxy) is 1. The summed E-state index contributed by atoms with van der Waals surface area (Å²) in [5, 5.41) is 11.7. The number of hydrogen-bond acceptors (Lipinski definition) is 5. The largest absolute Gasteiger partial charge is 0.507 e. The van der Waals surface area contributed by atoms with Gasteiger partial charge in [-0.05, 0) is 66.9 Å².